The van der Waals surface area contributed by atoms with E-state index in [-0.39, 0.29) is 43.7 Å². The smallest absolute Gasteiger partial charge is 0.343 e. The number of ether oxygens (including phenoxy) is 2. The van der Waals surface area contributed by atoms with Crippen LogP contribution in [-0.2, 0) is 89.0 Å². The van der Waals surface area contributed by atoms with Gasteiger partial charge in [-0.1, -0.05) is 37.3 Å². The van der Waals surface area contributed by atoms with Gasteiger partial charge in [0.15, 0.2) is 5.60 Å². The summed E-state index contributed by atoms with van der Waals surface area (Å²) in [7, 11) is 1.58. The van der Waals surface area contributed by atoms with Gasteiger partial charge in [0, 0.05) is 54.7 Å². The van der Waals surface area contributed by atoms with Gasteiger partial charge in [-0.2, -0.15) is 0 Å². The monoisotopic (exact) mass is 1120 g/mol. The van der Waals surface area contributed by atoms with E-state index in [9.17, 15) is 57.8 Å². The standard InChI is InChI=1S/C53H55FN10O15S/c1-4-52(77)31-15-36-46-29(21-63(36)48(74)30(31)22-79-51(52)76)45-35(11-10-28-26(2)32(54)16-33(61-46)44(28)45)62(3)42(70)23-78-25-59-38(66)17-57-47(73)34(14-27-8-6-5-7-9-27)60-39(67)19-56-37(65)18-58-49(75)53(24-55-20-43(71)72)50(80-53)64-40(68)12-13-41(64)69/h5-9,12-13,15-16,34-35,50,55,77H,4,10-11,14,17-25H2,1-3H3,(H,56,65)(H,57,73)(H,58,75)(H,59,66)(H,60,67)(H,71,72)/t34-,35-,50?,52-,53-/m0/s1. The van der Waals surface area contributed by atoms with Crippen LogP contribution >= 0.6 is 11.8 Å². The van der Waals surface area contributed by atoms with Gasteiger partial charge in [0.25, 0.3) is 17.4 Å². The Labute approximate surface area is 458 Å². The average molecular weight is 1120 g/mol. The highest BCUT2D eigenvalue weighted by atomic mass is 32.2. The molecule has 1 saturated heterocycles. The number of aliphatic carboxylic acids is 1. The Morgan fingerprint density at radius 1 is 0.925 bits per heavy atom. The molecule has 1 aliphatic carbocycles. The summed E-state index contributed by atoms with van der Waals surface area (Å²) in [6.07, 6.45) is 2.75. The van der Waals surface area contributed by atoms with E-state index in [0.717, 1.165) is 34.4 Å². The van der Waals surface area contributed by atoms with E-state index < -0.39 is 138 Å². The number of nitrogens with one attached hydrogen (secondary N) is 6. The van der Waals surface area contributed by atoms with E-state index in [1.807, 2.05) is 0 Å². The number of pyridine rings is 2. The first-order valence-electron chi connectivity index (χ1n) is 25.4. The van der Waals surface area contributed by atoms with Crippen LogP contribution < -0.4 is 37.5 Å². The molecule has 27 heteroatoms. The molecule has 80 heavy (non-hydrogen) atoms. The predicted octanol–water partition coefficient (Wildman–Crippen LogP) is -1.45. The number of rotatable bonds is 22. The van der Waals surface area contributed by atoms with Crippen molar-refractivity contribution >= 4 is 81.9 Å². The number of esters is 1. The highest BCUT2D eigenvalue weighted by Gasteiger charge is 2.66. The number of carbonyl (C=O) groups excluding carboxylic acids is 9. The molecule has 1 unspecified atom stereocenters. The second kappa shape index (κ2) is 22.8. The first kappa shape index (κ1) is 56.3. The van der Waals surface area contributed by atoms with E-state index in [2.05, 4.69) is 31.9 Å². The number of carboxylic acids is 1. The summed E-state index contributed by atoms with van der Waals surface area (Å²) in [5.74, 6) is -8.26. The molecule has 25 nitrogen and oxygen atoms in total. The van der Waals surface area contributed by atoms with Gasteiger partial charge in [0.1, 0.15) is 41.9 Å². The number of nitrogens with zero attached hydrogens (tertiary/aromatic N) is 4. The molecule has 0 bridgehead atoms. The minimum absolute atomic E-state index is 0.0255. The van der Waals surface area contributed by atoms with Gasteiger partial charge in [0.2, 0.25) is 35.4 Å². The summed E-state index contributed by atoms with van der Waals surface area (Å²) in [6.45, 7) is -0.621. The topological polar surface area (TPSA) is 343 Å². The molecule has 4 aromatic rings. The molecule has 2 aromatic carbocycles. The third-order valence-electron chi connectivity index (χ3n) is 14.8. The Balaban J connectivity index is 0.777. The molecule has 4 aliphatic heterocycles. The summed E-state index contributed by atoms with van der Waals surface area (Å²) >= 11 is 0.918. The number of carbonyl (C=O) groups is 10. The third kappa shape index (κ3) is 10.9. The number of hydrogen-bond donors (Lipinski definition) is 8. The van der Waals surface area contributed by atoms with Crippen LogP contribution in [0, 0.1) is 12.7 Å². The molecule has 9 rings (SSSR count). The van der Waals surface area contributed by atoms with E-state index in [4.69, 9.17) is 19.6 Å². The quantitative estimate of drug-likeness (QED) is 0.0129. The number of thioether (sulfide) groups is 1. The number of aliphatic hydroxyl groups is 1. The van der Waals surface area contributed by atoms with Crippen LogP contribution in [0.3, 0.4) is 0 Å². The molecule has 1 fully saturated rings. The van der Waals surface area contributed by atoms with E-state index in [0.29, 0.717) is 57.4 Å². The van der Waals surface area contributed by atoms with Gasteiger partial charge < -0.3 is 61.1 Å². The molecule has 8 N–H and O–H groups in total. The number of amides is 8. The van der Waals surface area contributed by atoms with Crippen molar-refractivity contribution < 1.29 is 72.0 Å². The highest BCUT2D eigenvalue weighted by molar-refractivity contribution is 8.09. The van der Waals surface area contributed by atoms with Crippen molar-refractivity contribution in [2.45, 2.75) is 80.5 Å². The number of carboxylic acid groups (broad SMARTS) is 1. The van der Waals surface area contributed by atoms with Gasteiger partial charge in [-0.3, -0.25) is 52.8 Å². The van der Waals surface area contributed by atoms with Crippen LogP contribution in [0.1, 0.15) is 64.8 Å². The maximum Gasteiger partial charge on any atom is 0.343 e. The van der Waals surface area contributed by atoms with Gasteiger partial charge in [-0.25, -0.2) is 14.2 Å². The number of hydrogen-bond acceptors (Lipinski definition) is 17. The molecule has 5 atom stereocenters. The number of halogens is 1. The van der Waals surface area contributed by atoms with E-state index >= 15 is 4.39 Å². The first-order chi connectivity index (χ1) is 38.2. The lowest BCUT2D eigenvalue weighted by atomic mass is 9.81. The molecule has 2 aromatic heterocycles. The van der Waals surface area contributed by atoms with Crippen LogP contribution in [0.25, 0.3) is 22.3 Å². The van der Waals surface area contributed by atoms with Crippen molar-refractivity contribution in [3.63, 3.8) is 0 Å². The van der Waals surface area contributed by atoms with Gasteiger partial charge in [0.05, 0.1) is 61.2 Å². The zero-order valence-corrected chi connectivity index (χ0v) is 44.2. The number of cyclic esters (lactones) is 1. The molecule has 5 aliphatic rings. The molecule has 6 heterocycles. The largest absolute Gasteiger partial charge is 0.480 e. The Hall–Kier alpha value is -8.40. The average Bonchev–Trinajstić information content (AvgIpc) is 4.03. The summed E-state index contributed by atoms with van der Waals surface area (Å²) in [6, 6.07) is 9.62. The van der Waals surface area contributed by atoms with Gasteiger partial charge >= 0.3 is 11.9 Å². The Bertz CT molecular complexity index is 3390. The molecule has 420 valence electrons. The molecule has 0 radical (unpaired) electrons. The van der Waals surface area contributed by atoms with Crippen LogP contribution in [-0.4, -0.2) is 158 Å². The highest BCUT2D eigenvalue weighted by Crippen LogP contribution is 2.56. The second-order valence-corrected chi connectivity index (χ2v) is 21.1. The maximum atomic E-state index is 15.5. The molecular formula is C53H55FN10O15S. The normalized spacial score (nSPS) is 20.5. The third-order valence-corrected chi connectivity index (χ3v) is 16.4. The molecule has 0 saturated carbocycles. The fourth-order valence-electron chi connectivity index (χ4n) is 10.5. The van der Waals surface area contributed by atoms with Crippen molar-refractivity contribution in [1.82, 2.24) is 51.3 Å². The number of imide groups is 1. The summed E-state index contributed by atoms with van der Waals surface area (Å²) < 4.78 is 26.2. The molecule has 8 amide bonds. The summed E-state index contributed by atoms with van der Waals surface area (Å²) in [5.41, 5.74) is 1.74. The SMILES string of the molecule is CC[C@@]1(O)C(=O)OCc2c1cc1n(c2=O)Cc2c-1nc1cc(F)c(C)c3c1c2[C@@H](N(C)C(=O)COCNC(=O)CNC(=O)[C@H](Cc1ccccc1)NC(=O)CNC(=O)CNC(=O)[C@]1(CNCC(=O)O)SC1N1C(=O)C=CC1=O)CC3. The van der Waals surface area contributed by atoms with Crippen molar-refractivity contribution in [2.24, 2.45) is 0 Å². The lowest BCUT2D eigenvalue weighted by Gasteiger charge is -2.35. The van der Waals surface area contributed by atoms with Crippen molar-refractivity contribution in [3.05, 3.63) is 110 Å². The zero-order valence-electron chi connectivity index (χ0n) is 43.4. The van der Waals surface area contributed by atoms with Crippen LogP contribution in [0.4, 0.5) is 4.39 Å². The van der Waals surface area contributed by atoms with E-state index in [1.54, 1.807) is 57.3 Å². The zero-order chi connectivity index (χ0) is 57.4. The van der Waals surface area contributed by atoms with Gasteiger partial charge in [-0.05, 0) is 54.5 Å². The number of aryl methyl sites for hydroxylation is 1. The lowest BCUT2D eigenvalue weighted by molar-refractivity contribution is -0.172. The first-order valence-corrected chi connectivity index (χ1v) is 26.3. The predicted molar refractivity (Wildman–Crippen MR) is 279 cm³/mol. The van der Waals surface area contributed by atoms with Crippen LogP contribution in [0.5, 0.6) is 0 Å². The number of likely N-dealkylation sites (N-methyl/N-ethyl adjacent to an activating group) is 1. The van der Waals surface area contributed by atoms with Crippen LogP contribution in [0.15, 0.2) is 59.4 Å². The Morgan fingerprint density at radius 3 is 2.34 bits per heavy atom. The fraction of sp³-hybridized carbons (Fsp3) is 0.396. The minimum Gasteiger partial charge on any atom is -0.480 e. The minimum atomic E-state index is -2.07. The summed E-state index contributed by atoms with van der Waals surface area (Å²) in [5, 5.41) is 34.9. The van der Waals surface area contributed by atoms with Crippen LogP contribution in [0.2, 0.25) is 0 Å². The Kier molecular flexibility index (Phi) is 16.0. The second-order valence-electron chi connectivity index (χ2n) is 19.7. The van der Waals surface area contributed by atoms with Crippen molar-refractivity contribution in [2.75, 3.05) is 53.1 Å². The van der Waals surface area contributed by atoms with Gasteiger partial charge in [-0.15, -0.1) is 11.8 Å². The van der Waals surface area contributed by atoms with Crippen molar-refractivity contribution in [1.29, 1.82) is 0 Å². The summed E-state index contributed by atoms with van der Waals surface area (Å²) in [4.78, 5) is 149. The lowest BCUT2D eigenvalue weighted by Crippen LogP contribution is -2.53. The molecule has 0 spiro atoms. The fourth-order valence-corrected chi connectivity index (χ4v) is 11.8. The number of fused-ring (bicyclic) bond motifs is 5. The maximum absolute atomic E-state index is 15.5. The number of aromatic nitrogens is 2. The number of benzene rings is 2. The van der Waals surface area contributed by atoms with E-state index in [1.165, 1.54) is 15.5 Å². The van der Waals surface area contributed by atoms with Crippen molar-refractivity contribution in [3.8, 4) is 11.4 Å². The Morgan fingerprint density at radius 2 is 1.62 bits per heavy atom. The molecular weight excluding hydrogens is 1070 g/mol.